The van der Waals surface area contributed by atoms with Crippen LogP contribution in [0.4, 0.5) is 14.5 Å². The Morgan fingerprint density at radius 1 is 1.32 bits per heavy atom. The fourth-order valence-corrected chi connectivity index (χ4v) is 2.39. The van der Waals surface area contributed by atoms with Crippen molar-refractivity contribution in [3.05, 3.63) is 75.8 Å². The molecule has 1 aliphatic rings. The van der Waals surface area contributed by atoms with Crippen molar-refractivity contribution in [1.82, 2.24) is 5.48 Å². The van der Waals surface area contributed by atoms with Gasteiger partial charge in [-0.25, -0.2) is 14.3 Å². The molecule has 0 atom stereocenters. The van der Waals surface area contributed by atoms with Gasteiger partial charge in [-0.05, 0) is 69.2 Å². The first-order valence-corrected chi connectivity index (χ1v) is 10.2. The Balaban J connectivity index is 0.000000861. The summed E-state index contributed by atoms with van der Waals surface area (Å²) in [5, 5.41) is 2.62. The Kier molecular flexibility index (Phi) is 11.4. The van der Waals surface area contributed by atoms with Gasteiger partial charge in [0, 0.05) is 16.4 Å². The standard InChI is InChI=1S/C18H20BrF2N3O2.C3H8N2/c1-11(20)17(23-16-7-6-13(19)9-15(16)21)14(3-2-8-22)18(25)24-26-10-12-4-5-12;1-3(5)2-4/h2-3,6-9,12,23H,4-5,10,22H2,1H3,(H,24,25);2H,4-5H2,1H3/b8-2+,14-3+,17-11-;3-2+. The minimum absolute atomic E-state index is 0.0227. The van der Waals surface area contributed by atoms with Crippen LogP contribution in [0.25, 0.3) is 0 Å². The van der Waals surface area contributed by atoms with E-state index in [-0.39, 0.29) is 17.0 Å². The summed E-state index contributed by atoms with van der Waals surface area (Å²) in [7, 11) is 0. The molecule has 170 valence electrons. The van der Waals surface area contributed by atoms with Crippen LogP contribution in [0.2, 0.25) is 0 Å². The second-order valence-corrected chi connectivity index (χ2v) is 7.63. The molecule has 31 heavy (non-hydrogen) atoms. The number of carbonyl (C=O) groups is 1. The van der Waals surface area contributed by atoms with Crippen molar-refractivity contribution in [2.45, 2.75) is 26.7 Å². The van der Waals surface area contributed by atoms with E-state index in [1.807, 2.05) is 0 Å². The molecule has 0 aromatic heterocycles. The van der Waals surface area contributed by atoms with Gasteiger partial charge in [0.2, 0.25) is 0 Å². The van der Waals surface area contributed by atoms with E-state index >= 15 is 0 Å². The lowest BCUT2D eigenvalue weighted by Gasteiger charge is -2.15. The number of nitrogens with one attached hydrogen (secondary N) is 2. The van der Waals surface area contributed by atoms with Crippen LogP contribution >= 0.6 is 15.9 Å². The third-order valence-electron chi connectivity index (χ3n) is 3.87. The molecular formula is C21H28BrF2N5O2. The molecule has 2 rings (SSSR count). The molecule has 0 heterocycles. The fourth-order valence-electron chi connectivity index (χ4n) is 2.05. The largest absolute Gasteiger partial charge is 0.405 e. The molecule has 0 bridgehead atoms. The second-order valence-electron chi connectivity index (χ2n) is 6.72. The van der Waals surface area contributed by atoms with Gasteiger partial charge in [-0.1, -0.05) is 15.9 Å². The van der Waals surface area contributed by atoms with Crippen LogP contribution in [0.5, 0.6) is 0 Å². The molecule has 8 N–H and O–H groups in total. The van der Waals surface area contributed by atoms with Crippen molar-refractivity contribution in [2.75, 3.05) is 11.9 Å². The zero-order valence-electron chi connectivity index (χ0n) is 17.4. The Hall–Kier alpha value is -2.85. The van der Waals surface area contributed by atoms with Crippen molar-refractivity contribution in [2.24, 2.45) is 23.1 Å². The molecule has 1 amide bonds. The molecular weight excluding hydrogens is 472 g/mol. The van der Waals surface area contributed by atoms with Gasteiger partial charge in [-0.2, -0.15) is 0 Å². The van der Waals surface area contributed by atoms with Gasteiger partial charge in [0.05, 0.1) is 23.6 Å². The number of allylic oxidation sites excluding steroid dienone is 4. The number of amides is 1. The van der Waals surface area contributed by atoms with Crippen LogP contribution in [0.15, 0.2) is 70.0 Å². The molecule has 7 nitrogen and oxygen atoms in total. The number of hydrogen-bond acceptors (Lipinski definition) is 6. The molecule has 0 radical (unpaired) electrons. The Morgan fingerprint density at radius 2 is 1.97 bits per heavy atom. The van der Waals surface area contributed by atoms with Crippen LogP contribution in [0.3, 0.4) is 0 Å². The highest BCUT2D eigenvalue weighted by Gasteiger charge is 2.23. The number of halogens is 3. The summed E-state index contributed by atoms with van der Waals surface area (Å²) < 4.78 is 28.7. The summed E-state index contributed by atoms with van der Waals surface area (Å²) >= 11 is 3.15. The quantitative estimate of drug-likeness (QED) is 0.210. The third kappa shape index (κ3) is 10.1. The Bertz CT molecular complexity index is 873. The predicted molar refractivity (Wildman–Crippen MR) is 122 cm³/mol. The van der Waals surface area contributed by atoms with Crippen molar-refractivity contribution in [3.8, 4) is 0 Å². The monoisotopic (exact) mass is 499 g/mol. The Labute approximate surface area is 189 Å². The summed E-state index contributed by atoms with van der Waals surface area (Å²) in [6.45, 7) is 3.30. The van der Waals surface area contributed by atoms with Gasteiger partial charge < -0.3 is 22.5 Å². The minimum atomic E-state index is -0.693. The first-order valence-electron chi connectivity index (χ1n) is 9.43. The second kappa shape index (κ2) is 13.5. The molecule has 1 aliphatic carbocycles. The van der Waals surface area contributed by atoms with E-state index in [0.717, 1.165) is 19.8 Å². The lowest BCUT2D eigenvalue weighted by Crippen LogP contribution is -2.28. The van der Waals surface area contributed by atoms with Crippen molar-refractivity contribution >= 4 is 27.5 Å². The average Bonchev–Trinajstić information content (AvgIpc) is 3.53. The summed E-state index contributed by atoms with van der Waals surface area (Å²) in [5.41, 5.74) is 17.9. The van der Waals surface area contributed by atoms with Crippen molar-refractivity contribution < 1.29 is 18.4 Å². The number of benzene rings is 1. The van der Waals surface area contributed by atoms with Gasteiger partial charge in [0.15, 0.2) is 0 Å². The van der Waals surface area contributed by atoms with Crippen LogP contribution in [0, 0.1) is 11.7 Å². The fraction of sp³-hybridized carbons (Fsp3) is 0.286. The zero-order valence-corrected chi connectivity index (χ0v) is 19.0. The lowest BCUT2D eigenvalue weighted by molar-refractivity contribution is -0.129. The molecule has 1 fully saturated rings. The van der Waals surface area contributed by atoms with E-state index in [4.69, 9.17) is 22.0 Å². The minimum Gasteiger partial charge on any atom is -0.405 e. The average molecular weight is 500 g/mol. The third-order valence-corrected chi connectivity index (χ3v) is 4.36. The Morgan fingerprint density at radius 3 is 2.45 bits per heavy atom. The van der Waals surface area contributed by atoms with Crippen LogP contribution in [0.1, 0.15) is 26.7 Å². The summed E-state index contributed by atoms with van der Waals surface area (Å²) in [6.07, 6.45) is 7.38. The van der Waals surface area contributed by atoms with E-state index in [2.05, 4.69) is 26.7 Å². The van der Waals surface area contributed by atoms with E-state index in [1.165, 1.54) is 36.7 Å². The van der Waals surface area contributed by atoms with Crippen LogP contribution in [-0.2, 0) is 9.63 Å². The van der Waals surface area contributed by atoms with Crippen LogP contribution < -0.4 is 28.0 Å². The highest BCUT2D eigenvalue weighted by Crippen LogP contribution is 2.28. The SMILES string of the molecule is C/C(N)=C\N.C\C(F)=C(Nc1ccc(Br)cc1F)/C(=C\C=C\N)C(=O)NOCC1CC1. The molecule has 10 heteroatoms. The number of hydrogen-bond donors (Lipinski definition) is 5. The normalized spacial score (nSPS) is 15.1. The molecule has 0 saturated heterocycles. The number of anilines is 1. The van der Waals surface area contributed by atoms with Crippen molar-refractivity contribution in [1.29, 1.82) is 0 Å². The summed E-state index contributed by atoms with van der Waals surface area (Å²) in [4.78, 5) is 17.6. The first kappa shape index (κ1) is 26.2. The maximum absolute atomic E-state index is 14.1. The van der Waals surface area contributed by atoms with E-state index in [9.17, 15) is 13.6 Å². The summed E-state index contributed by atoms with van der Waals surface area (Å²) in [6, 6.07) is 4.26. The summed E-state index contributed by atoms with van der Waals surface area (Å²) in [5.74, 6) is -1.51. The van der Waals surface area contributed by atoms with Gasteiger partial charge in [0.1, 0.15) is 11.6 Å². The van der Waals surface area contributed by atoms with E-state index in [1.54, 1.807) is 13.0 Å². The molecule has 1 saturated carbocycles. The van der Waals surface area contributed by atoms with E-state index < -0.39 is 17.6 Å². The molecule has 1 aromatic rings. The van der Waals surface area contributed by atoms with Gasteiger partial charge in [-0.15, -0.1) is 0 Å². The van der Waals surface area contributed by atoms with Gasteiger partial charge >= 0.3 is 0 Å². The smallest absolute Gasteiger partial charge is 0.277 e. The zero-order chi connectivity index (χ0) is 23.4. The molecule has 0 unspecified atom stereocenters. The first-order chi connectivity index (χ1) is 14.7. The van der Waals surface area contributed by atoms with E-state index in [0.29, 0.717) is 22.7 Å². The van der Waals surface area contributed by atoms with Gasteiger partial charge in [0.25, 0.3) is 5.91 Å². The molecule has 1 aromatic carbocycles. The topological polar surface area (TPSA) is 128 Å². The number of nitrogens with two attached hydrogens (primary N) is 3. The molecule has 0 aliphatic heterocycles. The highest BCUT2D eigenvalue weighted by molar-refractivity contribution is 9.10. The maximum atomic E-state index is 14.1. The highest BCUT2D eigenvalue weighted by atomic mass is 79.9. The number of hydroxylamine groups is 1. The molecule has 0 spiro atoms. The van der Waals surface area contributed by atoms with Gasteiger partial charge in [-0.3, -0.25) is 9.63 Å². The maximum Gasteiger partial charge on any atom is 0.277 e. The predicted octanol–water partition coefficient (Wildman–Crippen LogP) is 3.82. The van der Waals surface area contributed by atoms with Crippen molar-refractivity contribution in [3.63, 3.8) is 0 Å². The number of rotatable bonds is 8. The van der Waals surface area contributed by atoms with Crippen LogP contribution in [-0.4, -0.2) is 12.5 Å². The number of carbonyl (C=O) groups excluding carboxylic acids is 1. The lowest BCUT2D eigenvalue weighted by atomic mass is 10.1.